The summed E-state index contributed by atoms with van der Waals surface area (Å²) in [6.45, 7) is 0. The van der Waals surface area contributed by atoms with Crippen molar-refractivity contribution in [2.45, 2.75) is 38.1 Å². The van der Waals surface area contributed by atoms with E-state index >= 15 is 0 Å². The zero-order valence-electron chi connectivity index (χ0n) is 9.26. The minimum Gasteiger partial charge on any atom is -0.327 e. The molecule has 1 aromatic carbocycles. The Balaban J connectivity index is 1.94. The highest BCUT2D eigenvalue weighted by Crippen LogP contribution is 2.31. The van der Waals surface area contributed by atoms with Crippen LogP contribution in [0.1, 0.15) is 31.2 Å². The van der Waals surface area contributed by atoms with E-state index in [1.807, 2.05) is 6.07 Å². The molecule has 16 heavy (non-hydrogen) atoms. The van der Waals surface area contributed by atoms with E-state index in [1.54, 1.807) is 6.07 Å². The lowest BCUT2D eigenvalue weighted by Gasteiger charge is -2.28. The maximum atomic E-state index is 13.3. The fraction of sp³-hybridized carbons (Fsp3) is 0.538. The predicted octanol–water partition coefficient (Wildman–Crippen LogP) is 3.65. The lowest BCUT2D eigenvalue weighted by atomic mass is 9.80. The zero-order valence-corrected chi connectivity index (χ0v) is 10.8. The van der Waals surface area contributed by atoms with Crippen LogP contribution in [0.3, 0.4) is 0 Å². The van der Waals surface area contributed by atoms with Gasteiger partial charge in [0.2, 0.25) is 0 Å². The summed E-state index contributed by atoms with van der Waals surface area (Å²) < 4.78 is 13.9. The van der Waals surface area contributed by atoms with Crippen LogP contribution in [0.4, 0.5) is 4.39 Å². The van der Waals surface area contributed by atoms with E-state index in [4.69, 9.17) is 5.73 Å². The highest BCUT2D eigenvalue weighted by atomic mass is 79.9. The van der Waals surface area contributed by atoms with Gasteiger partial charge in [-0.2, -0.15) is 0 Å². The first-order chi connectivity index (χ1) is 7.66. The fourth-order valence-corrected chi connectivity index (χ4v) is 2.65. The van der Waals surface area contributed by atoms with Gasteiger partial charge in [-0.15, -0.1) is 0 Å². The van der Waals surface area contributed by atoms with Crippen LogP contribution in [0.15, 0.2) is 22.7 Å². The normalized spacial score (nSPS) is 18.2. The first-order valence-electron chi connectivity index (χ1n) is 5.85. The molecule has 1 saturated carbocycles. The molecule has 0 aliphatic heterocycles. The van der Waals surface area contributed by atoms with E-state index in [2.05, 4.69) is 15.9 Å². The van der Waals surface area contributed by atoms with Crippen LogP contribution < -0.4 is 5.73 Å². The molecule has 2 rings (SSSR count). The standard InChI is InChI=1S/C13H17BrFN/c14-13-10(5-2-6-12(13)15)8-11(16)7-9-3-1-4-9/h2,5-6,9,11H,1,3-4,7-8,16H2. The van der Waals surface area contributed by atoms with Crippen LogP contribution in [0.25, 0.3) is 0 Å². The molecule has 0 radical (unpaired) electrons. The summed E-state index contributed by atoms with van der Waals surface area (Å²) in [7, 11) is 0. The summed E-state index contributed by atoms with van der Waals surface area (Å²) in [6, 6.07) is 5.30. The van der Waals surface area contributed by atoms with E-state index in [9.17, 15) is 4.39 Å². The van der Waals surface area contributed by atoms with Gasteiger partial charge in [0.05, 0.1) is 4.47 Å². The molecule has 1 aromatic rings. The molecule has 0 heterocycles. The second-order valence-corrected chi connectivity index (χ2v) is 5.50. The average Bonchev–Trinajstić information content (AvgIpc) is 2.19. The van der Waals surface area contributed by atoms with Crippen molar-refractivity contribution >= 4 is 15.9 Å². The van der Waals surface area contributed by atoms with Gasteiger partial charge in [-0.1, -0.05) is 31.4 Å². The van der Waals surface area contributed by atoms with E-state index in [0.29, 0.717) is 4.47 Å². The molecule has 0 spiro atoms. The predicted molar refractivity (Wildman–Crippen MR) is 67.7 cm³/mol. The quantitative estimate of drug-likeness (QED) is 0.898. The molecule has 1 nitrogen and oxygen atoms in total. The largest absolute Gasteiger partial charge is 0.327 e. The van der Waals surface area contributed by atoms with Crippen LogP contribution in [0.2, 0.25) is 0 Å². The molecule has 0 saturated heterocycles. The molecule has 0 bridgehead atoms. The lowest BCUT2D eigenvalue weighted by Crippen LogP contribution is -2.28. The van der Waals surface area contributed by atoms with Gasteiger partial charge >= 0.3 is 0 Å². The molecule has 1 atom stereocenters. The number of halogens is 2. The summed E-state index contributed by atoms with van der Waals surface area (Å²) in [5.41, 5.74) is 7.07. The Hall–Kier alpha value is -0.410. The third-order valence-corrected chi connectivity index (χ3v) is 4.26. The van der Waals surface area contributed by atoms with Crippen LogP contribution in [-0.2, 0) is 6.42 Å². The van der Waals surface area contributed by atoms with E-state index in [0.717, 1.165) is 24.3 Å². The Kier molecular flexibility index (Phi) is 3.98. The van der Waals surface area contributed by atoms with Gasteiger partial charge in [0.15, 0.2) is 0 Å². The first-order valence-corrected chi connectivity index (χ1v) is 6.64. The smallest absolute Gasteiger partial charge is 0.137 e. The number of nitrogens with two attached hydrogens (primary N) is 1. The third-order valence-electron chi connectivity index (χ3n) is 3.37. The molecule has 1 aliphatic carbocycles. The highest BCUT2D eigenvalue weighted by Gasteiger charge is 2.20. The number of rotatable bonds is 4. The summed E-state index contributed by atoms with van der Waals surface area (Å²) >= 11 is 3.28. The summed E-state index contributed by atoms with van der Waals surface area (Å²) in [5, 5.41) is 0. The Labute approximate surface area is 104 Å². The average molecular weight is 286 g/mol. The van der Waals surface area contributed by atoms with Crippen molar-refractivity contribution < 1.29 is 4.39 Å². The van der Waals surface area contributed by atoms with Gasteiger partial charge in [0, 0.05) is 6.04 Å². The highest BCUT2D eigenvalue weighted by molar-refractivity contribution is 9.10. The molecule has 3 heteroatoms. The fourth-order valence-electron chi connectivity index (χ4n) is 2.23. The van der Waals surface area contributed by atoms with E-state index in [1.165, 1.54) is 25.3 Å². The summed E-state index contributed by atoms with van der Waals surface area (Å²) in [5.74, 6) is 0.607. The van der Waals surface area contributed by atoms with Crippen LogP contribution in [0.5, 0.6) is 0 Å². The summed E-state index contributed by atoms with van der Waals surface area (Å²) in [6.07, 6.45) is 5.81. The van der Waals surface area contributed by atoms with Crippen LogP contribution in [0, 0.1) is 11.7 Å². The minimum absolute atomic E-state index is 0.156. The van der Waals surface area contributed by atoms with Crippen molar-refractivity contribution in [1.82, 2.24) is 0 Å². The molecule has 1 fully saturated rings. The Bertz CT molecular complexity index is 363. The van der Waals surface area contributed by atoms with Crippen molar-refractivity contribution in [2.24, 2.45) is 11.7 Å². The Morgan fingerprint density at radius 1 is 1.44 bits per heavy atom. The zero-order chi connectivity index (χ0) is 11.5. The Morgan fingerprint density at radius 3 is 2.81 bits per heavy atom. The summed E-state index contributed by atoms with van der Waals surface area (Å²) in [4.78, 5) is 0. The van der Waals surface area contributed by atoms with Gasteiger partial charge in [-0.3, -0.25) is 0 Å². The van der Waals surface area contributed by atoms with Crippen molar-refractivity contribution in [2.75, 3.05) is 0 Å². The number of benzene rings is 1. The van der Waals surface area contributed by atoms with E-state index in [-0.39, 0.29) is 11.9 Å². The topological polar surface area (TPSA) is 26.0 Å². The first kappa shape index (κ1) is 12.1. The SMILES string of the molecule is NC(Cc1cccc(F)c1Br)CC1CCC1. The maximum absolute atomic E-state index is 13.3. The van der Waals surface area contributed by atoms with Crippen molar-refractivity contribution in [3.8, 4) is 0 Å². The molecule has 1 unspecified atom stereocenters. The molecule has 1 aliphatic rings. The van der Waals surface area contributed by atoms with Gasteiger partial charge in [-0.05, 0) is 46.3 Å². The van der Waals surface area contributed by atoms with Crippen LogP contribution >= 0.6 is 15.9 Å². The maximum Gasteiger partial charge on any atom is 0.137 e. The molecule has 0 aromatic heterocycles. The van der Waals surface area contributed by atoms with Gasteiger partial charge < -0.3 is 5.73 Å². The van der Waals surface area contributed by atoms with Crippen molar-refractivity contribution in [1.29, 1.82) is 0 Å². The van der Waals surface area contributed by atoms with Crippen LogP contribution in [-0.4, -0.2) is 6.04 Å². The van der Waals surface area contributed by atoms with E-state index < -0.39 is 0 Å². The third kappa shape index (κ3) is 2.83. The number of hydrogen-bond donors (Lipinski definition) is 1. The van der Waals surface area contributed by atoms with Crippen molar-refractivity contribution in [3.63, 3.8) is 0 Å². The van der Waals surface area contributed by atoms with Crippen molar-refractivity contribution in [3.05, 3.63) is 34.1 Å². The Morgan fingerprint density at radius 2 is 2.19 bits per heavy atom. The molecular formula is C13H17BrFN. The van der Waals surface area contributed by atoms with Gasteiger partial charge in [0.1, 0.15) is 5.82 Å². The second-order valence-electron chi connectivity index (χ2n) is 4.71. The number of hydrogen-bond acceptors (Lipinski definition) is 1. The van der Waals surface area contributed by atoms with Gasteiger partial charge in [0.25, 0.3) is 0 Å². The molecule has 0 amide bonds. The molecule has 88 valence electrons. The monoisotopic (exact) mass is 285 g/mol. The molecule has 2 N–H and O–H groups in total. The lowest BCUT2D eigenvalue weighted by molar-refractivity contribution is 0.275. The second kappa shape index (κ2) is 5.28. The minimum atomic E-state index is -0.201. The molecular weight excluding hydrogens is 269 g/mol. The van der Waals surface area contributed by atoms with Gasteiger partial charge in [-0.25, -0.2) is 4.39 Å².